The molecular weight excluding hydrogens is 366 g/mol. The van der Waals surface area contributed by atoms with Gasteiger partial charge in [-0.3, -0.25) is 4.79 Å². The molecule has 0 atom stereocenters. The summed E-state index contributed by atoms with van der Waals surface area (Å²) in [7, 11) is 1.33. The highest BCUT2D eigenvalue weighted by molar-refractivity contribution is 6.03. The smallest absolute Gasteiger partial charge is 0.337 e. The average Bonchev–Trinajstić information content (AvgIpc) is 2.75. The van der Waals surface area contributed by atoms with Crippen LogP contribution in [0.25, 0.3) is 0 Å². The lowest BCUT2D eigenvalue weighted by Crippen LogP contribution is -2.18. The van der Waals surface area contributed by atoms with Crippen molar-refractivity contribution in [1.82, 2.24) is 4.98 Å². The van der Waals surface area contributed by atoms with Gasteiger partial charge in [-0.2, -0.15) is 0 Å². The fourth-order valence-electron chi connectivity index (χ4n) is 2.99. The normalized spacial score (nSPS) is 10.3. The predicted octanol–water partition coefficient (Wildman–Crippen LogP) is 4.59. The molecule has 1 amide bonds. The summed E-state index contributed by atoms with van der Waals surface area (Å²) in [6.07, 6.45) is 1.70. The average molecular weight is 389 g/mol. The summed E-state index contributed by atoms with van der Waals surface area (Å²) in [6, 6.07) is 18.3. The molecule has 6 heteroatoms. The maximum absolute atomic E-state index is 12.5. The molecule has 0 unspecified atom stereocenters. The quantitative estimate of drug-likeness (QED) is 0.625. The Morgan fingerprint density at radius 3 is 2.38 bits per heavy atom. The van der Waals surface area contributed by atoms with Gasteiger partial charge in [0.05, 0.1) is 24.6 Å². The van der Waals surface area contributed by atoms with Gasteiger partial charge in [0.2, 0.25) is 0 Å². The van der Waals surface area contributed by atoms with E-state index in [2.05, 4.69) is 52.0 Å². The number of benzene rings is 2. The third kappa shape index (κ3) is 4.79. The molecule has 29 heavy (non-hydrogen) atoms. The lowest BCUT2D eigenvalue weighted by Gasteiger charge is -2.23. The van der Waals surface area contributed by atoms with Crippen LogP contribution in [0.15, 0.2) is 66.9 Å². The summed E-state index contributed by atoms with van der Waals surface area (Å²) in [6.45, 7) is 4.91. The van der Waals surface area contributed by atoms with Crippen LogP contribution >= 0.6 is 0 Å². The maximum Gasteiger partial charge on any atom is 0.337 e. The molecule has 148 valence electrons. The Morgan fingerprint density at radius 2 is 1.79 bits per heavy atom. The highest BCUT2D eigenvalue weighted by Crippen LogP contribution is 2.25. The van der Waals surface area contributed by atoms with Crippen LogP contribution in [-0.4, -0.2) is 30.5 Å². The minimum absolute atomic E-state index is 0.311. The van der Waals surface area contributed by atoms with Gasteiger partial charge in [-0.05, 0) is 67.9 Å². The molecule has 0 saturated carbocycles. The van der Waals surface area contributed by atoms with Crippen LogP contribution in [-0.2, 0) is 4.74 Å². The van der Waals surface area contributed by atoms with Crippen molar-refractivity contribution < 1.29 is 14.3 Å². The van der Waals surface area contributed by atoms with E-state index in [0.717, 1.165) is 17.9 Å². The number of pyridine rings is 1. The van der Waals surface area contributed by atoms with Gasteiger partial charge >= 0.3 is 5.97 Å². The first-order valence-corrected chi connectivity index (χ1v) is 9.32. The first-order valence-electron chi connectivity index (χ1n) is 9.32. The molecule has 1 heterocycles. The Kier molecular flexibility index (Phi) is 6.24. The number of nitrogens with zero attached hydrogens (tertiary/aromatic N) is 2. The van der Waals surface area contributed by atoms with E-state index in [1.165, 1.54) is 12.7 Å². The number of carbonyl (C=O) groups is 2. The van der Waals surface area contributed by atoms with E-state index in [-0.39, 0.29) is 5.91 Å². The van der Waals surface area contributed by atoms with E-state index in [1.54, 1.807) is 36.5 Å². The highest BCUT2D eigenvalue weighted by atomic mass is 16.5. The van der Waals surface area contributed by atoms with Gasteiger partial charge in [0.1, 0.15) is 5.69 Å². The summed E-state index contributed by atoms with van der Waals surface area (Å²) >= 11 is 0. The van der Waals surface area contributed by atoms with E-state index in [9.17, 15) is 9.59 Å². The number of aryl methyl sites for hydroxylation is 1. The van der Waals surface area contributed by atoms with E-state index in [4.69, 9.17) is 0 Å². The molecule has 1 aromatic heterocycles. The van der Waals surface area contributed by atoms with Crippen LogP contribution < -0.4 is 10.2 Å². The summed E-state index contributed by atoms with van der Waals surface area (Å²) in [5, 5.41) is 2.78. The van der Waals surface area contributed by atoms with Crippen molar-refractivity contribution in [1.29, 1.82) is 0 Å². The molecule has 0 aliphatic rings. The number of anilines is 3. The summed E-state index contributed by atoms with van der Waals surface area (Å²) in [5.74, 6) is -0.741. The topological polar surface area (TPSA) is 71.5 Å². The monoisotopic (exact) mass is 389 g/mol. The van der Waals surface area contributed by atoms with Crippen molar-refractivity contribution >= 4 is 28.9 Å². The van der Waals surface area contributed by atoms with Crippen molar-refractivity contribution in [3.63, 3.8) is 0 Å². The zero-order valence-corrected chi connectivity index (χ0v) is 16.7. The van der Waals surface area contributed by atoms with Crippen LogP contribution in [0.2, 0.25) is 0 Å². The van der Waals surface area contributed by atoms with Crippen LogP contribution in [0, 0.1) is 6.92 Å². The SMILES string of the molecule is CCN(c1ccc(C(=O)Nc2ccc(C(=O)OC)cc2)nc1)c1cccc(C)c1. The summed E-state index contributed by atoms with van der Waals surface area (Å²) < 4.78 is 4.66. The van der Waals surface area contributed by atoms with Crippen molar-refractivity contribution in [3.05, 3.63) is 83.7 Å². The molecule has 3 rings (SSSR count). The van der Waals surface area contributed by atoms with E-state index >= 15 is 0 Å². The molecule has 0 bridgehead atoms. The predicted molar refractivity (Wildman–Crippen MR) is 114 cm³/mol. The largest absolute Gasteiger partial charge is 0.465 e. The first kappa shape index (κ1) is 20.1. The fourth-order valence-corrected chi connectivity index (χ4v) is 2.99. The molecule has 0 spiro atoms. The van der Waals surface area contributed by atoms with Gasteiger partial charge in [-0.1, -0.05) is 12.1 Å². The fraction of sp³-hybridized carbons (Fsp3) is 0.174. The number of rotatable bonds is 6. The third-order valence-electron chi connectivity index (χ3n) is 4.49. The Morgan fingerprint density at radius 1 is 1.03 bits per heavy atom. The molecular formula is C23H23N3O3. The molecule has 0 fully saturated rings. The van der Waals surface area contributed by atoms with Crippen LogP contribution in [0.3, 0.4) is 0 Å². The van der Waals surface area contributed by atoms with Crippen molar-refractivity contribution in [2.24, 2.45) is 0 Å². The van der Waals surface area contributed by atoms with Gasteiger partial charge in [0.25, 0.3) is 5.91 Å². The molecule has 0 aliphatic carbocycles. The number of amides is 1. The standard InChI is InChI=1S/C23H23N3O3/c1-4-26(19-7-5-6-16(2)14-19)20-12-13-21(24-15-20)22(27)25-18-10-8-17(9-11-18)23(28)29-3/h5-15H,4H2,1-3H3,(H,25,27). The van der Waals surface area contributed by atoms with Crippen molar-refractivity contribution in [3.8, 4) is 0 Å². The lowest BCUT2D eigenvalue weighted by atomic mass is 10.2. The molecule has 0 aliphatic heterocycles. The number of nitrogens with one attached hydrogen (secondary N) is 1. The Hall–Kier alpha value is -3.67. The second-order valence-electron chi connectivity index (χ2n) is 6.51. The number of hydrogen-bond acceptors (Lipinski definition) is 5. The van der Waals surface area contributed by atoms with Crippen molar-refractivity contribution in [2.45, 2.75) is 13.8 Å². The number of esters is 1. The molecule has 3 aromatic rings. The van der Waals surface area contributed by atoms with Gasteiger partial charge < -0.3 is 15.0 Å². The second-order valence-corrected chi connectivity index (χ2v) is 6.51. The second kappa shape index (κ2) is 9.01. The summed E-state index contributed by atoms with van der Waals surface area (Å²) in [5.41, 5.74) is 4.48. The van der Waals surface area contributed by atoms with Crippen LogP contribution in [0.4, 0.5) is 17.1 Å². The van der Waals surface area contributed by atoms with E-state index < -0.39 is 5.97 Å². The highest BCUT2D eigenvalue weighted by Gasteiger charge is 2.12. The first-order chi connectivity index (χ1) is 14.0. The molecule has 1 N–H and O–H groups in total. The van der Waals surface area contributed by atoms with E-state index in [0.29, 0.717) is 16.9 Å². The zero-order valence-electron chi connectivity index (χ0n) is 16.7. The molecule has 0 radical (unpaired) electrons. The number of methoxy groups -OCH3 is 1. The van der Waals surface area contributed by atoms with E-state index in [1.807, 2.05) is 12.1 Å². The zero-order chi connectivity index (χ0) is 20.8. The van der Waals surface area contributed by atoms with Crippen LogP contribution in [0.1, 0.15) is 33.3 Å². The third-order valence-corrected chi connectivity index (χ3v) is 4.49. The number of hydrogen-bond donors (Lipinski definition) is 1. The van der Waals surface area contributed by atoms with Gasteiger partial charge in [0.15, 0.2) is 0 Å². The van der Waals surface area contributed by atoms with Gasteiger partial charge in [0, 0.05) is 17.9 Å². The maximum atomic E-state index is 12.5. The van der Waals surface area contributed by atoms with Gasteiger partial charge in [-0.15, -0.1) is 0 Å². The number of carbonyl (C=O) groups excluding carboxylic acids is 2. The Bertz CT molecular complexity index is 999. The van der Waals surface area contributed by atoms with Crippen molar-refractivity contribution in [2.75, 3.05) is 23.9 Å². The Labute approximate surface area is 170 Å². The molecule has 2 aromatic carbocycles. The molecule has 6 nitrogen and oxygen atoms in total. The van der Waals surface area contributed by atoms with Gasteiger partial charge in [-0.25, -0.2) is 9.78 Å². The summed E-state index contributed by atoms with van der Waals surface area (Å²) in [4.78, 5) is 30.4. The minimum atomic E-state index is -0.422. The number of ether oxygens (including phenoxy) is 1. The Balaban J connectivity index is 1.72. The number of aromatic nitrogens is 1. The van der Waals surface area contributed by atoms with Crippen LogP contribution in [0.5, 0.6) is 0 Å². The minimum Gasteiger partial charge on any atom is -0.465 e. The molecule has 0 saturated heterocycles. The lowest BCUT2D eigenvalue weighted by molar-refractivity contribution is 0.0600.